The number of nitrogens with zero attached hydrogens (tertiary/aromatic N) is 1. The largest absolute Gasteiger partial charge is 0.507 e. The van der Waals surface area contributed by atoms with Crippen molar-refractivity contribution in [2.45, 2.75) is 6.92 Å². The van der Waals surface area contributed by atoms with E-state index in [2.05, 4.69) is 0 Å². The lowest BCUT2D eigenvalue weighted by atomic mass is 10.0. The summed E-state index contributed by atoms with van der Waals surface area (Å²) in [6, 6.07) is 18.4. The maximum absolute atomic E-state index is 11.9. The van der Waals surface area contributed by atoms with Crippen LogP contribution in [0.4, 0.5) is 11.4 Å². The van der Waals surface area contributed by atoms with Gasteiger partial charge in [0, 0.05) is 6.07 Å². The van der Waals surface area contributed by atoms with Crippen molar-refractivity contribution in [3.8, 4) is 16.9 Å². The average molecular weight is 383 g/mol. The summed E-state index contributed by atoms with van der Waals surface area (Å²) in [4.78, 5) is 11.0. The molecule has 0 heterocycles. The minimum absolute atomic E-state index is 0.149. The molecule has 3 aromatic carbocycles. The van der Waals surface area contributed by atoms with E-state index in [0.717, 1.165) is 27.1 Å². The topological polar surface area (TPSA) is 94.9 Å². The summed E-state index contributed by atoms with van der Waals surface area (Å²) in [5, 5.41) is 18.9. The van der Waals surface area contributed by atoms with Crippen LogP contribution in [0.5, 0.6) is 5.75 Å². The van der Waals surface area contributed by atoms with Crippen molar-refractivity contribution in [3.63, 3.8) is 0 Å². The molecule has 0 saturated heterocycles. The van der Waals surface area contributed by atoms with Gasteiger partial charge in [0.15, 0.2) is 0 Å². The summed E-state index contributed by atoms with van der Waals surface area (Å²) in [7, 11) is -3.07. The summed E-state index contributed by atoms with van der Waals surface area (Å²) in [5.41, 5.74) is 3.11. The van der Waals surface area contributed by atoms with Gasteiger partial charge in [-0.25, -0.2) is 17.5 Å². The van der Waals surface area contributed by atoms with Crippen LogP contribution >= 0.6 is 0 Å². The van der Waals surface area contributed by atoms with Gasteiger partial charge in [-0.3, -0.25) is 0 Å². The van der Waals surface area contributed by atoms with Crippen LogP contribution in [0.25, 0.3) is 11.1 Å². The molecule has 0 spiro atoms. The van der Waals surface area contributed by atoms with Crippen LogP contribution in [0.3, 0.4) is 0 Å². The zero-order valence-electron chi connectivity index (χ0n) is 14.4. The highest BCUT2D eigenvalue weighted by Crippen LogP contribution is 2.33. The Morgan fingerprint density at radius 3 is 2.26 bits per heavy atom. The second-order valence-electron chi connectivity index (χ2n) is 5.92. The fourth-order valence-electron chi connectivity index (χ4n) is 2.87. The Balaban J connectivity index is 2.09. The molecular weight excluding hydrogens is 366 g/mol. The minimum Gasteiger partial charge on any atom is -0.507 e. The zero-order valence-corrected chi connectivity index (χ0v) is 15.3. The first-order chi connectivity index (χ1) is 12.9. The van der Waals surface area contributed by atoms with Crippen molar-refractivity contribution >= 4 is 28.2 Å². The molecule has 3 rings (SSSR count). The van der Waals surface area contributed by atoms with Crippen molar-refractivity contribution in [3.05, 3.63) is 77.9 Å². The number of anilines is 2. The summed E-state index contributed by atoms with van der Waals surface area (Å²) >= 11 is 0. The van der Waals surface area contributed by atoms with Gasteiger partial charge in [-0.2, -0.15) is 0 Å². The van der Waals surface area contributed by atoms with Crippen molar-refractivity contribution in [2.24, 2.45) is 0 Å². The molecule has 0 amide bonds. The SMILES string of the molecule is Cc1ccccc1-c1cccc(N(c2ccc(C(=O)O)c(O)c2)[SH](=O)=O)c1. The van der Waals surface area contributed by atoms with Gasteiger partial charge < -0.3 is 10.2 Å². The number of carboxylic acid groups (broad SMARTS) is 1. The Hall–Kier alpha value is -3.32. The molecule has 0 aliphatic rings. The Labute approximate surface area is 158 Å². The van der Waals surface area contributed by atoms with E-state index in [1.165, 1.54) is 12.1 Å². The number of aromatic hydroxyl groups is 1. The molecule has 0 radical (unpaired) electrons. The van der Waals surface area contributed by atoms with E-state index in [1.807, 2.05) is 37.3 Å². The number of phenols is 1. The van der Waals surface area contributed by atoms with Gasteiger partial charge in [0.2, 0.25) is 10.9 Å². The van der Waals surface area contributed by atoms with Gasteiger partial charge >= 0.3 is 5.97 Å². The number of thiol groups is 1. The second-order valence-corrected chi connectivity index (χ2v) is 6.80. The van der Waals surface area contributed by atoms with Gasteiger partial charge in [-0.1, -0.05) is 36.4 Å². The highest BCUT2D eigenvalue weighted by atomic mass is 32.2. The highest BCUT2D eigenvalue weighted by Gasteiger charge is 2.17. The molecule has 27 heavy (non-hydrogen) atoms. The van der Waals surface area contributed by atoms with Crippen molar-refractivity contribution in [1.82, 2.24) is 0 Å². The predicted molar refractivity (Wildman–Crippen MR) is 104 cm³/mol. The van der Waals surface area contributed by atoms with E-state index in [-0.39, 0.29) is 11.3 Å². The molecular formula is C20H17NO5S. The maximum atomic E-state index is 11.9. The lowest BCUT2D eigenvalue weighted by molar-refractivity contribution is 0.0694. The van der Waals surface area contributed by atoms with Gasteiger partial charge in [0.05, 0.1) is 11.4 Å². The van der Waals surface area contributed by atoms with Gasteiger partial charge in [-0.05, 0) is 47.9 Å². The van der Waals surface area contributed by atoms with E-state index in [9.17, 15) is 18.3 Å². The maximum Gasteiger partial charge on any atom is 0.339 e. The van der Waals surface area contributed by atoms with Crippen molar-refractivity contribution in [2.75, 3.05) is 4.31 Å². The lowest BCUT2D eigenvalue weighted by Crippen LogP contribution is -2.14. The van der Waals surface area contributed by atoms with E-state index in [4.69, 9.17) is 5.11 Å². The molecule has 0 bridgehead atoms. The number of aromatic carboxylic acids is 1. The summed E-state index contributed by atoms with van der Waals surface area (Å²) in [6.07, 6.45) is 0. The molecule has 0 unspecified atom stereocenters. The third-order valence-corrected chi connectivity index (χ3v) is 4.95. The predicted octanol–water partition coefficient (Wildman–Crippen LogP) is 3.73. The molecule has 0 fully saturated rings. The Morgan fingerprint density at radius 2 is 1.63 bits per heavy atom. The van der Waals surface area contributed by atoms with Crippen LogP contribution in [0, 0.1) is 6.92 Å². The summed E-state index contributed by atoms with van der Waals surface area (Å²) in [6.45, 7) is 1.97. The van der Waals surface area contributed by atoms with Gasteiger partial charge in [-0.15, -0.1) is 0 Å². The molecule has 0 atom stereocenters. The highest BCUT2D eigenvalue weighted by molar-refractivity contribution is 7.74. The first-order valence-corrected chi connectivity index (χ1v) is 9.18. The summed E-state index contributed by atoms with van der Waals surface area (Å²) in [5.74, 6) is -1.80. The molecule has 0 saturated carbocycles. The molecule has 138 valence electrons. The molecule has 0 aromatic heterocycles. The fraction of sp³-hybridized carbons (Fsp3) is 0.0500. The van der Waals surface area contributed by atoms with Crippen LogP contribution in [0.15, 0.2) is 66.7 Å². The number of hydrogen-bond donors (Lipinski definition) is 3. The number of aryl methyl sites for hydroxylation is 1. The monoisotopic (exact) mass is 383 g/mol. The average Bonchev–Trinajstić information content (AvgIpc) is 2.62. The van der Waals surface area contributed by atoms with E-state index >= 15 is 0 Å². The van der Waals surface area contributed by atoms with Crippen LogP contribution in [0.1, 0.15) is 15.9 Å². The van der Waals surface area contributed by atoms with Crippen LogP contribution < -0.4 is 4.31 Å². The van der Waals surface area contributed by atoms with Crippen LogP contribution in [-0.4, -0.2) is 24.6 Å². The lowest BCUT2D eigenvalue weighted by Gasteiger charge is -2.19. The minimum atomic E-state index is -3.07. The number of carboxylic acids is 1. The Bertz CT molecular complexity index is 1080. The standard InChI is InChI=1S/C20H17NO5S/c1-13-5-2-3-8-17(13)14-6-4-7-15(11-14)21(27(25)26)16-9-10-18(20(23)24)19(22)12-16/h2-12,22,27H,1H3,(H,23,24). The molecule has 2 N–H and O–H groups in total. The number of rotatable bonds is 5. The number of carbonyl (C=O) groups is 1. The van der Waals surface area contributed by atoms with E-state index in [1.54, 1.807) is 18.2 Å². The van der Waals surface area contributed by atoms with Gasteiger partial charge in [0.1, 0.15) is 11.3 Å². The first kappa shape index (κ1) is 18.5. The fourth-order valence-corrected chi connectivity index (χ4v) is 3.50. The Morgan fingerprint density at radius 1 is 0.926 bits per heavy atom. The van der Waals surface area contributed by atoms with Crippen LogP contribution in [0.2, 0.25) is 0 Å². The second kappa shape index (κ2) is 7.51. The van der Waals surface area contributed by atoms with E-state index < -0.39 is 22.6 Å². The molecule has 0 aliphatic heterocycles. The number of hydrogen-bond acceptors (Lipinski definition) is 4. The van der Waals surface area contributed by atoms with Crippen LogP contribution in [-0.2, 0) is 10.9 Å². The molecule has 6 nitrogen and oxygen atoms in total. The smallest absolute Gasteiger partial charge is 0.339 e. The number of benzene rings is 3. The molecule has 7 heteroatoms. The van der Waals surface area contributed by atoms with Crippen molar-refractivity contribution < 1.29 is 23.4 Å². The third kappa shape index (κ3) is 3.78. The molecule has 3 aromatic rings. The third-order valence-electron chi connectivity index (χ3n) is 4.17. The van der Waals surface area contributed by atoms with Crippen molar-refractivity contribution in [1.29, 1.82) is 0 Å². The van der Waals surface area contributed by atoms with Gasteiger partial charge in [0.25, 0.3) is 0 Å². The molecule has 0 aliphatic carbocycles. The van der Waals surface area contributed by atoms with E-state index in [0.29, 0.717) is 5.69 Å². The summed E-state index contributed by atoms with van der Waals surface area (Å²) < 4.78 is 24.9. The Kier molecular flexibility index (Phi) is 5.14. The first-order valence-electron chi connectivity index (χ1n) is 8.05. The quantitative estimate of drug-likeness (QED) is 0.584. The normalized spacial score (nSPS) is 10.7. The zero-order chi connectivity index (χ0) is 19.6.